The number of alkyl halides is 9. The number of hydrogen-bond donors (Lipinski definition) is 1. The second-order valence-corrected chi connectivity index (χ2v) is 14.9. The third-order valence-corrected chi connectivity index (χ3v) is 9.40. The minimum atomic E-state index is -3.68. The molecule has 23 heteroatoms. The maximum absolute atomic E-state index is 14.4. The molecule has 4 aliphatic carbocycles. The molecule has 0 saturated heterocycles. The molecule has 6 heterocycles. The Hall–Kier alpha value is -5.35. The van der Waals surface area contributed by atoms with Crippen molar-refractivity contribution in [1.82, 2.24) is 49.1 Å². The second kappa shape index (κ2) is 16.3. The summed E-state index contributed by atoms with van der Waals surface area (Å²) in [6.45, 7) is 0. The third-order valence-electron chi connectivity index (χ3n) is 9.23. The summed E-state index contributed by atoms with van der Waals surface area (Å²) in [4.78, 5) is 16.4. The van der Waals surface area contributed by atoms with E-state index in [-0.39, 0.29) is 62.3 Å². The summed E-state index contributed by atoms with van der Waals surface area (Å²) in [7, 11) is 0. The molecule has 0 aromatic carbocycles. The summed E-state index contributed by atoms with van der Waals surface area (Å²) in [6.07, 6.45) is 4.97. The number of fused-ring (bicyclic) bond motifs is 2. The van der Waals surface area contributed by atoms with E-state index in [1.165, 1.54) is 49.3 Å². The van der Waals surface area contributed by atoms with Crippen LogP contribution in [0, 0.1) is 0 Å². The Morgan fingerprint density at radius 1 is 0.617 bits per heavy atom. The Morgan fingerprint density at radius 2 is 1.05 bits per heavy atom. The maximum Gasteiger partial charge on any atom is 0.418 e. The molecule has 0 spiro atoms. The molecule has 0 amide bonds. The van der Waals surface area contributed by atoms with Gasteiger partial charge in [0, 0.05) is 73.7 Å². The van der Waals surface area contributed by atoms with Crippen LogP contribution in [0.2, 0.25) is 0 Å². The van der Waals surface area contributed by atoms with Crippen molar-refractivity contribution in [2.75, 3.05) is 0 Å². The zero-order valence-corrected chi connectivity index (χ0v) is 31.0. The van der Waals surface area contributed by atoms with Crippen LogP contribution in [0.4, 0.5) is 35.1 Å². The lowest BCUT2D eigenvalue weighted by Gasteiger charge is -2.34. The van der Waals surface area contributed by atoms with Gasteiger partial charge in [-0.2, -0.15) is 17.6 Å². The molecule has 6 aromatic heterocycles. The first-order chi connectivity index (χ1) is 27.9. The van der Waals surface area contributed by atoms with Gasteiger partial charge in [0.1, 0.15) is 12.2 Å². The van der Waals surface area contributed by atoms with Crippen molar-refractivity contribution in [3.63, 3.8) is 0 Å². The first-order valence-corrected chi connectivity index (χ1v) is 18.5. The van der Waals surface area contributed by atoms with Crippen molar-refractivity contribution in [2.24, 2.45) is 0 Å². The molecule has 1 N–H and O–H groups in total. The van der Waals surface area contributed by atoms with Crippen LogP contribution in [0.15, 0.2) is 61.4 Å². The van der Waals surface area contributed by atoms with Crippen molar-refractivity contribution < 1.29 is 54.4 Å². The molecular weight excluding hydrogens is 836 g/mol. The number of halogens is 9. The molecule has 320 valence electrons. The van der Waals surface area contributed by atoms with Gasteiger partial charge in [-0.15, -0.1) is 20.4 Å². The fraction of sp³-hybridized carbons (Fsp3) is 0.459. The fourth-order valence-electron chi connectivity index (χ4n) is 5.74. The van der Waals surface area contributed by atoms with E-state index in [0.717, 1.165) is 21.6 Å². The summed E-state index contributed by atoms with van der Waals surface area (Å²) in [6, 6.07) is 6.24. The number of pyridine rings is 2. The smallest absolute Gasteiger partial charge is 0.418 e. The van der Waals surface area contributed by atoms with Crippen LogP contribution in [-0.4, -0.2) is 90.5 Å². The summed E-state index contributed by atoms with van der Waals surface area (Å²) in [5.41, 5.74) is 1.99. The molecule has 0 bridgehead atoms. The standard InChI is InChI=1S/C18H15F4N5O2.C15H10ClF4N5O.C3H6O.CH4/c19-17(20)5-12(6-17)28-15-4-1-10(7-24-15)13-9-27-14(8-23-13)25-26-16(27)18(21,22)29-11-2-3-11;16-15(19,20)13-24-23-11-6-21-10(7-25(11)13)8-1-2-12(22-5-8)26-9-3-14(17,18)4-9;4-3-1-2-3;/h1,4,7-9,11-12H,2-3,5-6H2;1-2,5-7,9H,3-4H2;3-4H,1-2H2;1H4. The first-order valence-electron chi connectivity index (χ1n) is 18.1. The quantitative estimate of drug-likeness (QED) is 0.105. The number of aliphatic hydroxyl groups is 1. The van der Waals surface area contributed by atoms with Gasteiger partial charge in [0.15, 0.2) is 11.3 Å². The normalized spacial score (nSPS) is 18.6. The van der Waals surface area contributed by atoms with Crippen LogP contribution < -0.4 is 9.47 Å². The van der Waals surface area contributed by atoms with E-state index in [0.29, 0.717) is 35.4 Å². The molecule has 0 aliphatic heterocycles. The zero-order chi connectivity index (χ0) is 41.7. The molecule has 6 aromatic rings. The molecule has 0 atom stereocenters. The molecule has 60 heavy (non-hydrogen) atoms. The van der Waals surface area contributed by atoms with Gasteiger partial charge in [-0.3, -0.25) is 18.8 Å². The van der Waals surface area contributed by atoms with Crippen LogP contribution in [0.5, 0.6) is 11.8 Å². The lowest BCUT2D eigenvalue weighted by Crippen LogP contribution is -2.43. The number of hydrogen-bond acceptors (Lipinski definition) is 12. The SMILES string of the molecule is C.FC1(F)CC(Oc2ccc(-c3cn4c(C(F)(F)Cl)nnc4cn3)cn2)C1.FC1(F)CC(Oc2ccc(-c3cn4c(C(F)(F)OC5CC5)nnc4cn3)cn2)C1.OC1CC1. The highest BCUT2D eigenvalue weighted by Gasteiger charge is 2.48. The molecule has 4 fully saturated rings. The Bertz CT molecular complexity index is 2410. The topological polar surface area (TPSA) is 160 Å². The van der Waals surface area contributed by atoms with Crippen molar-refractivity contribution in [1.29, 1.82) is 0 Å². The van der Waals surface area contributed by atoms with Crippen molar-refractivity contribution in [3.8, 4) is 34.3 Å². The number of rotatable bonds is 10. The second-order valence-electron chi connectivity index (χ2n) is 14.4. The largest absolute Gasteiger partial charge is 0.474 e. The number of aromatic nitrogens is 10. The van der Waals surface area contributed by atoms with E-state index in [1.54, 1.807) is 12.1 Å². The van der Waals surface area contributed by atoms with Crippen LogP contribution in [0.1, 0.15) is 70.4 Å². The summed E-state index contributed by atoms with van der Waals surface area (Å²) >= 11 is 5.03. The average Bonchev–Trinajstić information content (AvgIpc) is 4.05. The maximum atomic E-state index is 14.4. The highest BCUT2D eigenvalue weighted by atomic mass is 35.5. The minimum Gasteiger partial charge on any atom is -0.474 e. The monoisotopic (exact) mass is 870 g/mol. The molecule has 14 nitrogen and oxygen atoms in total. The van der Waals surface area contributed by atoms with E-state index in [4.69, 9.17) is 30.9 Å². The van der Waals surface area contributed by atoms with Crippen LogP contribution in [0.3, 0.4) is 0 Å². The molecule has 0 radical (unpaired) electrons. The van der Waals surface area contributed by atoms with Gasteiger partial charge in [0.05, 0.1) is 36.0 Å². The molecule has 4 aliphatic rings. The average molecular weight is 871 g/mol. The fourth-order valence-corrected chi connectivity index (χ4v) is 5.87. The summed E-state index contributed by atoms with van der Waals surface area (Å²) in [5.74, 6) is -6.28. The van der Waals surface area contributed by atoms with Crippen LogP contribution >= 0.6 is 11.6 Å². The van der Waals surface area contributed by atoms with Crippen LogP contribution in [-0.2, 0) is 16.2 Å². The number of aliphatic hydroxyl groups excluding tert-OH is 1. The lowest BCUT2D eigenvalue weighted by molar-refractivity contribution is -0.261. The van der Waals surface area contributed by atoms with Gasteiger partial charge < -0.3 is 19.3 Å². The highest BCUT2D eigenvalue weighted by molar-refractivity contribution is 6.21. The van der Waals surface area contributed by atoms with Gasteiger partial charge in [0.2, 0.25) is 23.4 Å². The van der Waals surface area contributed by atoms with Crippen LogP contribution in [0.25, 0.3) is 33.8 Å². The molecular formula is C37H35ClF8N10O4. The van der Waals surface area contributed by atoms with Crippen molar-refractivity contribution in [2.45, 2.75) is 107 Å². The highest BCUT2D eigenvalue weighted by Crippen LogP contribution is 2.41. The summed E-state index contributed by atoms with van der Waals surface area (Å²) in [5, 5.41) is 18.7. The van der Waals surface area contributed by atoms with Gasteiger partial charge in [-0.05, 0) is 49.4 Å². The lowest BCUT2D eigenvalue weighted by atomic mass is 9.91. The van der Waals surface area contributed by atoms with Crippen molar-refractivity contribution in [3.05, 3.63) is 73.1 Å². The van der Waals surface area contributed by atoms with Gasteiger partial charge in [0.25, 0.3) is 11.8 Å². The zero-order valence-electron chi connectivity index (χ0n) is 30.3. The number of ether oxygens (including phenoxy) is 3. The predicted octanol–water partition coefficient (Wildman–Crippen LogP) is 8.02. The van der Waals surface area contributed by atoms with Crippen molar-refractivity contribution >= 4 is 22.9 Å². The van der Waals surface area contributed by atoms with E-state index in [9.17, 15) is 35.1 Å². The number of nitrogens with zero attached hydrogens (tertiary/aromatic N) is 10. The first kappa shape index (κ1) is 42.8. The van der Waals surface area contributed by atoms with Gasteiger partial charge in [-0.1, -0.05) is 7.43 Å². The van der Waals surface area contributed by atoms with Gasteiger partial charge >= 0.3 is 11.5 Å². The predicted molar refractivity (Wildman–Crippen MR) is 195 cm³/mol. The molecule has 0 unspecified atom stereocenters. The molecule has 10 rings (SSSR count). The minimum absolute atomic E-state index is 0. The van der Waals surface area contributed by atoms with E-state index >= 15 is 0 Å². The van der Waals surface area contributed by atoms with E-state index in [1.807, 2.05) is 0 Å². The Balaban J connectivity index is 0.000000164. The summed E-state index contributed by atoms with van der Waals surface area (Å²) < 4.78 is 125. The van der Waals surface area contributed by atoms with Gasteiger partial charge in [-0.25, -0.2) is 27.5 Å². The third kappa shape index (κ3) is 10.1. The Morgan fingerprint density at radius 3 is 1.42 bits per heavy atom. The van der Waals surface area contributed by atoms with E-state index in [2.05, 4.69) is 40.3 Å². The Labute approximate surface area is 339 Å². The Kier molecular flexibility index (Phi) is 11.6. The van der Waals surface area contributed by atoms with E-state index < -0.39 is 53.3 Å². The molecule has 4 saturated carbocycles.